The zero-order valence-corrected chi connectivity index (χ0v) is 11.4. The van der Waals surface area contributed by atoms with Crippen LogP contribution in [0.3, 0.4) is 0 Å². The molecule has 1 heterocycles. The number of hydrogen-bond acceptors (Lipinski definition) is 4. The van der Waals surface area contributed by atoms with Crippen molar-refractivity contribution < 1.29 is 9.13 Å². The predicted octanol–water partition coefficient (Wildman–Crippen LogP) is 3.23. The van der Waals surface area contributed by atoms with Crippen molar-refractivity contribution in [3.05, 3.63) is 39.1 Å². The molecule has 90 valence electrons. The lowest BCUT2D eigenvalue weighted by Crippen LogP contribution is -1.96. The first kappa shape index (κ1) is 12.3. The predicted molar refractivity (Wildman–Crippen MR) is 70.0 cm³/mol. The molecule has 0 unspecified atom stereocenters. The van der Waals surface area contributed by atoms with Crippen molar-refractivity contribution in [1.29, 1.82) is 0 Å². The Morgan fingerprint density at radius 2 is 2.29 bits per heavy atom. The van der Waals surface area contributed by atoms with Gasteiger partial charge in [0.1, 0.15) is 11.6 Å². The number of aromatic nitrogens is 1. The highest BCUT2D eigenvalue weighted by molar-refractivity contribution is 9.11. The van der Waals surface area contributed by atoms with Crippen molar-refractivity contribution >= 4 is 32.4 Å². The molecule has 6 heteroatoms. The third kappa shape index (κ3) is 2.76. The molecule has 2 N–H and O–H groups in total. The highest BCUT2D eigenvalue weighted by Gasteiger charge is 2.11. The maximum Gasteiger partial charge on any atom is 0.181 e. The van der Waals surface area contributed by atoms with Crippen LogP contribution < -0.4 is 10.5 Å². The fourth-order valence-electron chi connectivity index (χ4n) is 1.53. The molecule has 17 heavy (non-hydrogen) atoms. The third-order valence-electron chi connectivity index (χ3n) is 2.27. The van der Waals surface area contributed by atoms with Crippen LogP contribution in [-0.2, 0) is 6.42 Å². The molecule has 0 saturated carbocycles. The average molecular weight is 317 g/mol. The molecule has 0 radical (unpaired) electrons. The minimum absolute atomic E-state index is 0.292. The van der Waals surface area contributed by atoms with Crippen molar-refractivity contribution in [2.24, 2.45) is 0 Å². The van der Waals surface area contributed by atoms with Crippen LogP contribution in [-0.4, -0.2) is 12.1 Å². The van der Waals surface area contributed by atoms with E-state index in [2.05, 4.69) is 20.9 Å². The van der Waals surface area contributed by atoms with E-state index < -0.39 is 0 Å². The van der Waals surface area contributed by atoms with Crippen molar-refractivity contribution in [2.45, 2.75) is 6.42 Å². The lowest BCUT2D eigenvalue weighted by Gasteiger charge is -2.07. The van der Waals surface area contributed by atoms with Gasteiger partial charge in [-0.1, -0.05) is 11.3 Å². The minimum atomic E-state index is -0.292. The highest BCUT2D eigenvalue weighted by atomic mass is 79.9. The molecule has 2 aromatic rings. The summed E-state index contributed by atoms with van der Waals surface area (Å²) >= 11 is 4.74. The quantitative estimate of drug-likeness (QED) is 0.945. The lowest BCUT2D eigenvalue weighted by atomic mass is 10.1. The SMILES string of the molecule is COc1ccc(F)cc1Cc1nc(N)sc1Br. The second-order valence-electron chi connectivity index (χ2n) is 3.41. The van der Waals surface area contributed by atoms with Gasteiger partial charge in [0.25, 0.3) is 0 Å². The van der Waals surface area contributed by atoms with Crippen molar-refractivity contribution in [1.82, 2.24) is 4.98 Å². The Balaban J connectivity index is 2.35. The molecule has 0 fully saturated rings. The number of methoxy groups -OCH3 is 1. The Morgan fingerprint density at radius 1 is 1.53 bits per heavy atom. The van der Waals surface area contributed by atoms with Gasteiger partial charge in [0.15, 0.2) is 5.13 Å². The number of ether oxygens (including phenoxy) is 1. The maximum atomic E-state index is 13.2. The Bertz CT molecular complexity index is 544. The van der Waals surface area contributed by atoms with E-state index in [1.54, 1.807) is 13.2 Å². The smallest absolute Gasteiger partial charge is 0.181 e. The Morgan fingerprint density at radius 3 is 2.88 bits per heavy atom. The van der Waals surface area contributed by atoms with Gasteiger partial charge in [-0.05, 0) is 34.1 Å². The fraction of sp³-hybridized carbons (Fsp3) is 0.182. The van der Waals surface area contributed by atoms with Crippen LogP contribution in [0.5, 0.6) is 5.75 Å². The summed E-state index contributed by atoms with van der Waals surface area (Å²) in [4.78, 5) is 4.18. The molecule has 0 aliphatic rings. The summed E-state index contributed by atoms with van der Waals surface area (Å²) < 4.78 is 19.2. The van der Waals surface area contributed by atoms with Crippen LogP contribution in [0.4, 0.5) is 9.52 Å². The van der Waals surface area contributed by atoms with Gasteiger partial charge in [0.2, 0.25) is 0 Å². The van der Waals surface area contributed by atoms with Crippen molar-refractivity contribution in [2.75, 3.05) is 12.8 Å². The average Bonchev–Trinajstić information content (AvgIpc) is 2.58. The van der Waals surface area contributed by atoms with Crippen LogP contribution in [0.25, 0.3) is 0 Å². The molecule has 1 aromatic heterocycles. The largest absolute Gasteiger partial charge is 0.496 e. The number of nitrogens with zero attached hydrogens (tertiary/aromatic N) is 1. The van der Waals surface area contributed by atoms with Crippen molar-refractivity contribution in [3.8, 4) is 5.75 Å². The monoisotopic (exact) mass is 316 g/mol. The standard InChI is InChI=1S/C11H10BrFN2OS/c1-16-9-3-2-7(13)4-6(9)5-8-10(12)17-11(14)15-8/h2-4H,5H2,1H3,(H2,14,15). The fourth-order valence-corrected chi connectivity index (χ4v) is 2.83. The van der Waals surface area contributed by atoms with Gasteiger partial charge >= 0.3 is 0 Å². The summed E-state index contributed by atoms with van der Waals surface area (Å²) in [5, 5.41) is 0.488. The number of nitrogen functional groups attached to an aromatic ring is 1. The zero-order valence-electron chi connectivity index (χ0n) is 9.04. The van der Waals surface area contributed by atoms with E-state index in [1.165, 1.54) is 23.5 Å². The zero-order chi connectivity index (χ0) is 12.4. The summed E-state index contributed by atoms with van der Waals surface area (Å²) in [7, 11) is 1.56. The number of benzene rings is 1. The van der Waals surface area contributed by atoms with Gasteiger partial charge in [-0.25, -0.2) is 9.37 Å². The van der Waals surface area contributed by atoms with E-state index in [9.17, 15) is 4.39 Å². The summed E-state index contributed by atoms with van der Waals surface area (Å²) in [6, 6.07) is 4.42. The van der Waals surface area contributed by atoms with Crippen LogP contribution in [0.15, 0.2) is 22.0 Å². The number of anilines is 1. The molecule has 2 rings (SSSR count). The molecule has 0 amide bonds. The molecule has 1 aromatic carbocycles. The molecule has 0 saturated heterocycles. The number of rotatable bonds is 3. The van der Waals surface area contributed by atoms with Crippen LogP contribution in [0, 0.1) is 5.82 Å². The molecule has 0 aliphatic carbocycles. The molecule has 0 spiro atoms. The first-order chi connectivity index (χ1) is 8.10. The van der Waals surface area contributed by atoms with E-state index >= 15 is 0 Å². The number of halogens is 2. The van der Waals surface area contributed by atoms with E-state index in [1.807, 2.05) is 0 Å². The maximum absolute atomic E-state index is 13.2. The van der Waals surface area contributed by atoms with Crippen LogP contribution in [0.2, 0.25) is 0 Å². The summed E-state index contributed by atoms with van der Waals surface area (Å²) in [6.45, 7) is 0. The first-order valence-electron chi connectivity index (χ1n) is 4.83. The van der Waals surface area contributed by atoms with Gasteiger partial charge < -0.3 is 10.5 Å². The molecule has 3 nitrogen and oxygen atoms in total. The van der Waals surface area contributed by atoms with Gasteiger partial charge in [0, 0.05) is 12.0 Å². The summed E-state index contributed by atoms with van der Waals surface area (Å²) in [5.41, 5.74) is 7.14. The Kier molecular flexibility index (Phi) is 3.63. The normalized spacial score (nSPS) is 10.5. The summed E-state index contributed by atoms with van der Waals surface area (Å²) in [5.74, 6) is 0.352. The molecule has 0 bridgehead atoms. The third-order valence-corrected chi connectivity index (χ3v) is 3.93. The Labute approximate surface area is 111 Å². The number of thiazole rings is 1. The van der Waals surface area contributed by atoms with Gasteiger partial charge in [-0.15, -0.1) is 0 Å². The molecule has 0 aliphatic heterocycles. The van der Waals surface area contributed by atoms with Crippen LogP contribution in [0.1, 0.15) is 11.3 Å². The second-order valence-corrected chi connectivity index (χ2v) is 5.75. The van der Waals surface area contributed by atoms with Crippen molar-refractivity contribution in [3.63, 3.8) is 0 Å². The Hall–Kier alpha value is -1.14. The number of hydrogen-bond donors (Lipinski definition) is 1. The highest BCUT2D eigenvalue weighted by Crippen LogP contribution is 2.30. The van der Waals surface area contributed by atoms with E-state index in [-0.39, 0.29) is 5.82 Å². The van der Waals surface area contributed by atoms with E-state index in [0.29, 0.717) is 17.3 Å². The van der Waals surface area contributed by atoms with E-state index in [0.717, 1.165) is 15.0 Å². The molecular formula is C11H10BrFN2OS. The van der Waals surface area contributed by atoms with Gasteiger partial charge in [-0.3, -0.25) is 0 Å². The number of nitrogens with two attached hydrogens (primary N) is 1. The molecular weight excluding hydrogens is 307 g/mol. The topological polar surface area (TPSA) is 48.1 Å². The van der Waals surface area contributed by atoms with Gasteiger partial charge in [-0.2, -0.15) is 0 Å². The second kappa shape index (κ2) is 5.01. The lowest BCUT2D eigenvalue weighted by molar-refractivity contribution is 0.409. The van der Waals surface area contributed by atoms with Crippen LogP contribution >= 0.6 is 27.3 Å². The first-order valence-corrected chi connectivity index (χ1v) is 6.44. The molecule has 0 atom stereocenters. The van der Waals surface area contributed by atoms with Gasteiger partial charge in [0.05, 0.1) is 16.6 Å². The minimum Gasteiger partial charge on any atom is -0.496 e. The van der Waals surface area contributed by atoms with E-state index in [4.69, 9.17) is 10.5 Å². The summed E-state index contributed by atoms with van der Waals surface area (Å²) in [6.07, 6.45) is 0.481.